The van der Waals surface area contributed by atoms with Crippen LogP contribution in [0, 0.1) is 0 Å². The molecule has 78 valence electrons. The summed E-state index contributed by atoms with van der Waals surface area (Å²) in [6.45, 7) is 0. The summed E-state index contributed by atoms with van der Waals surface area (Å²) in [5.74, 6) is -1.17. The largest absolute Gasteiger partial charge is 0.475 e. The number of carboxylic acids is 1. The molecule has 0 atom stereocenters. The Balaban J connectivity index is 2.68. The van der Waals surface area contributed by atoms with E-state index in [0.717, 1.165) is 0 Å². The minimum atomic E-state index is -1.50. The topological polar surface area (TPSA) is 96.4 Å². The number of anilines is 1. The van der Waals surface area contributed by atoms with Gasteiger partial charge in [0, 0.05) is 11.1 Å². The number of nitrogens with zero attached hydrogens (tertiary/aromatic N) is 1. The standard InChI is InChI=1S/C8H6N2O4S/c11-4-10-6-2-1-5(3-9-6)15-8(14)7(12)13/h1-4H,(H,12,13)(H,9,10,11). The number of aliphatic carboxylic acids is 1. The van der Waals surface area contributed by atoms with E-state index in [1.165, 1.54) is 18.3 Å². The van der Waals surface area contributed by atoms with Gasteiger partial charge in [-0.15, -0.1) is 0 Å². The van der Waals surface area contributed by atoms with Gasteiger partial charge in [0.1, 0.15) is 5.82 Å². The number of rotatable bonds is 3. The molecule has 15 heavy (non-hydrogen) atoms. The van der Waals surface area contributed by atoms with Gasteiger partial charge in [0.15, 0.2) is 0 Å². The van der Waals surface area contributed by atoms with Crippen LogP contribution in [0.4, 0.5) is 5.82 Å². The molecular weight excluding hydrogens is 220 g/mol. The molecule has 6 nitrogen and oxygen atoms in total. The second kappa shape index (κ2) is 5.11. The van der Waals surface area contributed by atoms with Crippen molar-refractivity contribution < 1.29 is 19.5 Å². The summed E-state index contributed by atoms with van der Waals surface area (Å²) in [6, 6.07) is 2.95. The van der Waals surface area contributed by atoms with Crippen LogP contribution < -0.4 is 5.32 Å². The second-order valence-corrected chi connectivity index (χ2v) is 3.38. The zero-order valence-electron chi connectivity index (χ0n) is 7.34. The highest BCUT2D eigenvalue weighted by molar-refractivity contribution is 8.15. The number of carbonyl (C=O) groups excluding carboxylic acids is 2. The second-order valence-electron chi connectivity index (χ2n) is 2.34. The molecule has 0 spiro atoms. The number of nitrogens with one attached hydrogen (secondary N) is 1. The smallest absolute Gasteiger partial charge is 0.383 e. The third-order valence-corrected chi connectivity index (χ3v) is 2.17. The Kier molecular flexibility index (Phi) is 3.81. The van der Waals surface area contributed by atoms with E-state index in [1.54, 1.807) is 0 Å². The summed E-state index contributed by atoms with van der Waals surface area (Å²) in [4.78, 5) is 35.2. The minimum absolute atomic E-state index is 0.331. The monoisotopic (exact) mass is 226 g/mol. The van der Waals surface area contributed by atoms with Crippen molar-refractivity contribution in [3.8, 4) is 0 Å². The van der Waals surface area contributed by atoms with Gasteiger partial charge in [0.2, 0.25) is 6.41 Å². The van der Waals surface area contributed by atoms with E-state index in [0.29, 0.717) is 28.9 Å². The average molecular weight is 226 g/mol. The number of aromatic nitrogens is 1. The summed E-state index contributed by atoms with van der Waals surface area (Å²) in [7, 11) is 0. The molecule has 0 saturated heterocycles. The lowest BCUT2D eigenvalue weighted by Gasteiger charge is -1.99. The van der Waals surface area contributed by atoms with Crippen LogP contribution in [0.2, 0.25) is 0 Å². The summed E-state index contributed by atoms with van der Waals surface area (Å²) in [5.41, 5.74) is 0. The third kappa shape index (κ3) is 3.39. The first-order chi connectivity index (χ1) is 7.13. The molecule has 2 N–H and O–H groups in total. The molecule has 0 radical (unpaired) electrons. The molecule has 0 aliphatic carbocycles. The molecular formula is C8H6N2O4S. The molecule has 1 rings (SSSR count). The van der Waals surface area contributed by atoms with Gasteiger partial charge in [-0.25, -0.2) is 9.78 Å². The Hall–Kier alpha value is -1.89. The van der Waals surface area contributed by atoms with Crippen LogP contribution in [0.25, 0.3) is 0 Å². The van der Waals surface area contributed by atoms with Crippen molar-refractivity contribution in [2.75, 3.05) is 5.32 Å². The lowest BCUT2D eigenvalue weighted by Crippen LogP contribution is -2.07. The molecule has 0 aliphatic heterocycles. The molecule has 0 aliphatic rings. The van der Waals surface area contributed by atoms with Crippen LogP contribution in [-0.4, -0.2) is 27.6 Å². The molecule has 1 aromatic rings. The first-order valence-corrected chi connectivity index (χ1v) is 4.56. The van der Waals surface area contributed by atoms with Crippen LogP contribution in [-0.2, 0) is 14.4 Å². The fraction of sp³-hybridized carbons (Fsp3) is 0. The summed E-state index contributed by atoms with van der Waals surface area (Å²) in [5, 5.41) is 9.66. The minimum Gasteiger partial charge on any atom is -0.475 e. The van der Waals surface area contributed by atoms with Gasteiger partial charge in [-0.3, -0.25) is 9.59 Å². The number of hydrogen-bond donors (Lipinski definition) is 2. The van der Waals surface area contributed by atoms with E-state index in [1.807, 2.05) is 0 Å². The van der Waals surface area contributed by atoms with Gasteiger partial charge >= 0.3 is 11.1 Å². The van der Waals surface area contributed by atoms with E-state index in [2.05, 4.69) is 10.3 Å². The van der Waals surface area contributed by atoms with Crippen molar-refractivity contribution in [1.29, 1.82) is 0 Å². The fourth-order valence-electron chi connectivity index (χ4n) is 0.737. The predicted molar refractivity (Wildman–Crippen MR) is 52.4 cm³/mol. The lowest BCUT2D eigenvalue weighted by atomic mass is 10.5. The summed E-state index contributed by atoms with van der Waals surface area (Å²) >= 11 is 0.561. The average Bonchev–Trinajstić information content (AvgIpc) is 2.21. The quantitative estimate of drug-likeness (QED) is 0.438. The maximum atomic E-state index is 10.8. The number of hydrogen-bond acceptors (Lipinski definition) is 5. The molecule has 0 saturated carbocycles. The highest BCUT2D eigenvalue weighted by Crippen LogP contribution is 2.18. The Bertz CT molecular complexity index is 390. The van der Waals surface area contributed by atoms with Crippen molar-refractivity contribution in [2.45, 2.75) is 4.90 Å². The van der Waals surface area contributed by atoms with Crippen LogP contribution in [0.15, 0.2) is 23.2 Å². The first-order valence-electron chi connectivity index (χ1n) is 3.75. The highest BCUT2D eigenvalue weighted by atomic mass is 32.2. The van der Waals surface area contributed by atoms with Crippen LogP contribution in [0.1, 0.15) is 0 Å². The Morgan fingerprint density at radius 3 is 2.67 bits per heavy atom. The third-order valence-electron chi connectivity index (χ3n) is 1.33. The maximum absolute atomic E-state index is 10.8. The van der Waals surface area contributed by atoms with Gasteiger partial charge in [0.05, 0.1) is 0 Å². The molecule has 0 aromatic carbocycles. The van der Waals surface area contributed by atoms with E-state index in [-0.39, 0.29) is 0 Å². The zero-order chi connectivity index (χ0) is 11.3. The summed E-state index contributed by atoms with van der Waals surface area (Å²) in [6.07, 6.45) is 1.77. The Morgan fingerprint density at radius 1 is 1.47 bits per heavy atom. The van der Waals surface area contributed by atoms with Gasteiger partial charge in [-0.05, 0) is 23.9 Å². The maximum Gasteiger partial charge on any atom is 0.383 e. The van der Waals surface area contributed by atoms with Crippen LogP contribution >= 0.6 is 11.8 Å². The number of pyridine rings is 1. The van der Waals surface area contributed by atoms with E-state index < -0.39 is 11.1 Å². The number of carbonyl (C=O) groups is 3. The zero-order valence-corrected chi connectivity index (χ0v) is 8.15. The van der Waals surface area contributed by atoms with E-state index in [9.17, 15) is 14.4 Å². The van der Waals surface area contributed by atoms with E-state index >= 15 is 0 Å². The highest BCUT2D eigenvalue weighted by Gasteiger charge is 2.13. The van der Waals surface area contributed by atoms with Crippen molar-refractivity contribution in [1.82, 2.24) is 4.98 Å². The molecule has 1 aromatic heterocycles. The number of amides is 1. The van der Waals surface area contributed by atoms with Crippen LogP contribution in [0.3, 0.4) is 0 Å². The van der Waals surface area contributed by atoms with E-state index in [4.69, 9.17) is 5.11 Å². The fourth-order valence-corrected chi connectivity index (χ4v) is 1.28. The molecule has 0 unspecified atom stereocenters. The Labute approximate surface area is 88.7 Å². The van der Waals surface area contributed by atoms with Crippen molar-refractivity contribution in [3.63, 3.8) is 0 Å². The predicted octanol–water partition coefficient (Wildman–Crippen LogP) is 0.353. The molecule has 0 bridgehead atoms. The van der Waals surface area contributed by atoms with Gasteiger partial charge < -0.3 is 10.4 Å². The van der Waals surface area contributed by atoms with Gasteiger partial charge in [-0.1, -0.05) is 0 Å². The lowest BCUT2D eigenvalue weighted by molar-refractivity contribution is -0.144. The van der Waals surface area contributed by atoms with Gasteiger partial charge in [0.25, 0.3) is 0 Å². The van der Waals surface area contributed by atoms with Crippen molar-refractivity contribution >= 4 is 35.1 Å². The SMILES string of the molecule is O=CNc1ccc(SC(=O)C(=O)O)cn1. The van der Waals surface area contributed by atoms with Gasteiger partial charge in [-0.2, -0.15) is 0 Å². The molecule has 0 fully saturated rings. The van der Waals surface area contributed by atoms with Crippen LogP contribution in [0.5, 0.6) is 0 Å². The molecule has 7 heteroatoms. The number of carboxylic acid groups (broad SMARTS) is 1. The molecule has 1 amide bonds. The normalized spacial score (nSPS) is 9.33. The number of thioether (sulfide) groups is 1. The van der Waals surface area contributed by atoms with Crippen molar-refractivity contribution in [2.24, 2.45) is 0 Å². The summed E-state index contributed by atoms with van der Waals surface area (Å²) < 4.78 is 0. The first kappa shape index (κ1) is 11.2. The van der Waals surface area contributed by atoms with Crippen molar-refractivity contribution in [3.05, 3.63) is 18.3 Å². The molecule has 1 heterocycles. The Morgan fingerprint density at radius 2 is 2.20 bits per heavy atom.